The SMILES string of the molecule is CN[C@@H](C)C(=O)N[C@H]1CCCC[C@H]2CC[C@@H](C(=O)NCc3cccc(NC(=O)CC(=O)C(F)(F)F)c3)N2C1=O. The first-order valence-electron chi connectivity index (χ1n) is 13.0. The lowest BCUT2D eigenvalue weighted by atomic mass is 9.98. The Bertz CT molecular complexity index is 1100. The zero-order valence-corrected chi connectivity index (χ0v) is 21.9. The van der Waals surface area contributed by atoms with Gasteiger partial charge in [0.15, 0.2) is 0 Å². The number of amides is 4. The molecule has 0 bridgehead atoms. The molecular weight excluding hydrogens is 519 g/mol. The first-order chi connectivity index (χ1) is 18.4. The quantitative estimate of drug-likeness (QED) is 0.344. The molecule has 4 atom stereocenters. The van der Waals surface area contributed by atoms with Crippen molar-refractivity contribution >= 4 is 35.1 Å². The highest BCUT2D eigenvalue weighted by Gasteiger charge is 2.44. The monoisotopic (exact) mass is 553 g/mol. The molecule has 3 rings (SSSR count). The van der Waals surface area contributed by atoms with Gasteiger partial charge in [-0.15, -0.1) is 0 Å². The van der Waals surface area contributed by atoms with E-state index in [1.807, 2.05) is 0 Å². The maximum Gasteiger partial charge on any atom is 0.450 e. The smallest absolute Gasteiger partial charge is 0.350 e. The number of carbonyl (C=O) groups is 5. The number of benzene rings is 1. The average molecular weight is 554 g/mol. The van der Waals surface area contributed by atoms with Crippen LogP contribution in [0, 0.1) is 0 Å². The minimum atomic E-state index is -5.09. The van der Waals surface area contributed by atoms with E-state index in [-0.39, 0.29) is 36.0 Å². The molecule has 39 heavy (non-hydrogen) atoms. The van der Waals surface area contributed by atoms with E-state index in [0.717, 1.165) is 19.3 Å². The summed E-state index contributed by atoms with van der Waals surface area (Å²) in [6.45, 7) is 1.74. The van der Waals surface area contributed by atoms with Crippen LogP contribution in [0.4, 0.5) is 18.9 Å². The lowest BCUT2D eigenvalue weighted by Crippen LogP contribution is -2.57. The summed E-state index contributed by atoms with van der Waals surface area (Å²) >= 11 is 0. The molecule has 0 aliphatic carbocycles. The topological polar surface area (TPSA) is 137 Å². The van der Waals surface area contributed by atoms with Gasteiger partial charge in [0.05, 0.1) is 12.5 Å². The molecule has 0 spiro atoms. The van der Waals surface area contributed by atoms with Gasteiger partial charge in [0.1, 0.15) is 12.1 Å². The Morgan fingerprint density at radius 3 is 2.49 bits per heavy atom. The molecule has 1 aromatic carbocycles. The molecular formula is C26H34F3N5O5. The van der Waals surface area contributed by atoms with Crippen molar-refractivity contribution in [1.29, 1.82) is 0 Å². The van der Waals surface area contributed by atoms with Crippen molar-refractivity contribution in [3.63, 3.8) is 0 Å². The van der Waals surface area contributed by atoms with Crippen LogP contribution in [0.3, 0.4) is 0 Å². The molecule has 0 aromatic heterocycles. The third-order valence-electron chi connectivity index (χ3n) is 7.10. The van der Waals surface area contributed by atoms with Crippen molar-refractivity contribution in [3.05, 3.63) is 29.8 Å². The number of Topliss-reactive ketones (excluding diaryl/α,β-unsaturated/α-hetero) is 1. The fourth-order valence-corrected chi connectivity index (χ4v) is 4.87. The number of halogens is 3. The second-order valence-electron chi connectivity index (χ2n) is 9.91. The highest BCUT2D eigenvalue weighted by Crippen LogP contribution is 2.31. The summed E-state index contributed by atoms with van der Waals surface area (Å²) in [4.78, 5) is 63.5. The van der Waals surface area contributed by atoms with Crippen molar-refractivity contribution in [2.45, 2.75) is 88.8 Å². The highest BCUT2D eigenvalue weighted by molar-refractivity contribution is 6.06. The zero-order valence-electron chi connectivity index (χ0n) is 21.9. The molecule has 2 heterocycles. The molecule has 2 fully saturated rings. The molecule has 1 aromatic rings. The third-order valence-corrected chi connectivity index (χ3v) is 7.10. The number of anilines is 1. The van der Waals surface area contributed by atoms with Gasteiger partial charge in [0.25, 0.3) is 0 Å². The number of rotatable bonds is 9. The Labute approximate surface area is 224 Å². The summed E-state index contributed by atoms with van der Waals surface area (Å²) in [7, 11) is 1.65. The van der Waals surface area contributed by atoms with Crippen LogP contribution in [0.1, 0.15) is 57.4 Å². The predicted molar refractivity (Wildman–Crippen MR) is 135 cm³/mol. The second kappa shape index (κ2) is 13.0. The number of fused-ring (bicyclic) bond motifs is 1. The van der Waals surface area contributed by atoms with Crippen LogP contribution in [-0.4, -0.2) is 71.7 Å². The van der Waals surface area contributed by atoms with E-state index in [4.69, 9.17) is 0 Å². The van der Waals surface area contributed by atoms with Gasteiger partial charge < -0.3 is 26.2 Å². The van der Waals surface area contributed by atoms with Gasteiger partial charge in [-0.1, -0.05) is 25.0 Å². The van der Waals surface area contributed by atoms with Crippen molar-refractivity contribution in [3.8, 4) is 0 Å². The molecule has 2 saturated heterocycles. The predicted octanol–water partition coefficient (Wildman–Crippen LogP) is 1.79. The Hall–Kier alpha value is -3.48. The summed E-state index contributed by atoms with van der Waals surface area (Å²) in [5.41, 5.74) is 0.735. The second-order valence-corrected chi connectivity index (χ2v) is 9.91. The Balaban J connectivity index is 1.62. The van der Waals surface area contributed by atoms with Gasteiger partial charge in [-0.05, 0) is 57.4 Å². The van der Waals surface area contributed by atoms with Crippen LogP contribution >= 0.6 is 0 Å². The van der Waals surface area contributed by atoms with Crippen LogP contribution in [0.25, 0.3) is 0 Å². The van der Waals surface area contributed by atoms with Crippen molar-refractivity contribution in [1.82, 2.24) is 20.9 Å². The lowest BCUT2D eigenvalue weighted by molar-refractivity contribution is -0.171. The minimum Gasteiger partial charge on any atom is -0.350 e. The molecule has 2 aliphatic heterocycles. The van der Waals surface area contributed by atoms with Gasteiger partial charge >= 0.3 is 6.18 Å². The van der Waals surface area contributed by atoms with Gasteiger partial charge in [-0.2, -0.15) is 13.2 Å². The fraction of sp³-hybridized carbons (Fsp3) is 0.577. The Kier molecular flexibility index (Phi) is 10.1. The van der Waals surface area contributed by atoms with E-state index in [9.17, 15) is 37.1 Å². The molecule has 0 radical (unpaired) electrons. The zero-order chi connectivity index (χ0) is 28.7. The molecule has 214 valence electrons. The summed E-state index contributed by atoms with van der Waals surface area (Å²) in [5.74, 6) is -4.16. The van der Waals surface area contributed by atoms with Gasteiger partial charge in [0, 0.05) is 18.3 Å². The van der Waals surface area contributed by atoms with Crippen molar-refractivity contribution < 1.29 is 37.1 Å². The maximum absolute atomic E-state index is 13.5. The first-order valence-corrected chi connectivity index (χ1v) is 13.0. The van der Waals surface area contributed by atoms with Gasteiger partial charge in [-0.25, -0.2) is 0 Å². The summed E-state index contributed by atoms with van der Waals surface area (Å²) in [6, 6.07) is 4.16. The average Bonchev–Trinajstić information content (AvgIpc) is 3.30. The van der Waals surface area contributed by atoms with Gasteiger partial charge in [-0.3, -0.25) is 24.0 Å². The standard InChI is InChI=1S/C26H34F3N5O5/c1-15(30-2)23(37)33-19-9-4-3-8-18-10-11-20(34(18)25(19)39)24(38)31-14-16-6-5-7-17(12-16)32-22(36)13-21(35)26(27,28)29/h5-7,12,15,18-20,30H,3-4,8-11,13-14H2,1-2H3,(H,31,38)(H,32,36)(H,33,37)/t15-,18-,19-,20-/m0/s1. The summed E-state index contributed by atoms with van der Waals surface area (Å²) in [6.07, 6.45) is -2.31. The first kappa shape index (κ1) is 30.1. The third kappa shape index (κ3) is 8.01. The van der Waals surface area contributed by atoms with Gasteiger partial charge in [0.2, 0.25) is 29.4 Å². The number of alkyl halides is 3. The number of nitrogens with zero attached hydrogens (tertiary/aromatic N) is 1. The molecule has 2 aliphatic rings. The highest BCUT2D eigenvalue weighted by atomic mass is 19.4. The molecule has 4 amide bonds. The normalized spacial score (nSPS) is 22.2. The molecule has 0 unspecified atom stereocenters. The van der Waals surface area contributed by atoms with Crippen molar-refractivity contribution in [2.75, 3.05) is 12.4 Å². The minimum absolute atomic E-state index is 0.0487. The summed E-state index contributed by atoms with van der Waals surface area (Å²) in [5, 5.41) is 10.7. The Morgan fingerprint density at radius 1 is 1.08 bits per heavy atom. The largest absolute Gasteiger partial charge is 0.450 e. The van der Waals surface area contributed by atoms with E-state index < -0.39 is 42.4 Å². The number of ketones is 1. The van der Waals surface area contributed by atoms with Crippen LogP contribution in [0.2, 0.25) is 0 Å². The van der Waals surface area contributed by atoms with Crippen LogP contribution in [-0.2, 0) is 30.5 Å². The maximum atomic E-state index is 13.5. The molecule has 4 N–H and O–H groups in total. The van der Waals surface area contributed by atoms with Crippen molar-refractivity contribution in [2.24, 2.45) is 0 Å². The number of hydrogen-bond donors (Lipinski definition) is 4. The lowest BCUT2D eigenvalue weighted by Gasteiger charge is -2.35. The molecule has 10 nitrogen and oxygen atoms in total. The number of nitrogens with one attached hydrogen (secondary N) is 4. The Morgan fingerprint density at radius 2 is 1.79 bits per heavy atom. The summed E-state index contributed by atoms with van der Waals surface area (Å²) < 4.78 is 37.2. The van der Waals surface area contributed by atoms with E-state index in [1.54, 1.807) is 31.0 Å². The number of hydrogen-bond acceptors (Lipinski definition) is 6. The van der Waals surface area contributed by atoms with Crippen LogP contribution < -0.4 is 21.3 Å². The number of carbonyl (C=O) groups excluding carboxylic acids is 5. The van der Waals surface area contributed by atoms with E-state index in [2.05, 4.69) is 21.3 Å². The fourth-order valence-electron chi connectivity index (χ4n) is 4.87. The number of likely N-dealkylation sites (N-methyl/N-ethyl adjacent to an activating group) is 1. The van der Waals surface area contributed by atoms with E-state index >= 15 is 0 Å². The molecule has 0 saturated carbocycles. The van der Waals surface area contributed by atoms with Crippen LogP contribution in [0.5, 0.6) is 0 Å². The molecule has 13 heteroatoms. The van der Waals surface area contributed by atoms with Crippen LogP contribution in [0.15, 0.2) is 24.3 Å². The van der Waals surface area contributed by atoms with E-state index in [0.29, 0.717) is 24.8 Å². The van der Waals surface area contributed by atoms with E-state index in [1.165, 1.54) is 12.1 Å².